The molecule has 3 rings (SSSR count). The third kappa shape index (κ3) is 4.53. The number of pyridine rings is 1. The summed E-state index contributed by atoms with van der Waals surface area (Å²) in [6.45, 7) is 0.397. The summed E-state index contributed by atoms with van der Waals surface area (Å²) in [6, 6.07) is 15.9. The number of carbonyl (C=O) groups is 1. The van der Waals surface area contributed by atoms with E-state index in [2.05, 4.69) is 4.98 Å². The third-order valence-corrected chi connectivity index (χ3v) is 3.22. The van der Waals surface area contributed by atoms with Crippen molar-refractivity contribution in [1.82, 2.24) is 4.98 Å². The van der Waals surface area contributed by atoms with Gasteiger partial charge in [0.25, 0.3) is 0 Å². The maximum absolute atomic E-state index is 10.7. The van der Waals surface area contributed by atoms with Crippen LogP contribution >= 0.6 is 0 Å². The molecule has 0 unspecified atom stereocenters. The SMILES string of the molecule is O.O=C([O-])c1ccc(OCc2ccnc3ccccc23)cc1.[Na+]. The zero-order valence-electron chi connectivity index (χ0n) is 12.7. The summed E-state index contributed by atoms with van der Waals surface area (Å²) in [7, 11) is 0. The molecule has 0 saturated carbocycles. The van der Waals surface area contributed by atoms with Crippen molar-refractivity contribution in [2.24, 2.45) is 0 Å². The normalized spacial score (nSPS) is 9.57. The van der Waals surface area contributed by atoms with E-state index >= 15 is 0 Å². The van der Waals surface area contributed by atoms with Crippen molar-refractivity contribution >= 4 is 16.9 Å². The van der Waals surface area contributed by atoms with Gasteiger partial charge < -0.3 is 20.1 Å². The summed E-state index contributed by atoms with van der Waals surface area (Å²) < 4.78 is 5.69. The van der Waals surface area contributed by atoms with Crippen LogP contribution in [-0.4, -0.2) is 16.4 Å². The summed E-state index contributed by atoms with van der Waals surface area (Å²) >= 11 is 0. The minimum Gasteiger partial charge on any atom is -0.545 e. The Morgan fingerprint density at radius 1 is 1.04 bits per heavy atom. The second kappa shape index (κ2) is 8.64. The first-order valence-electron chi connectivity index (χ1n) is 6.51. The van der Waals surface area contributed by atoms with E-state index in [1.54, 1.807) is 18.3 Å². The van der Waals surface area contributed by atoms with Gasteiger partial charge in [-0.3, -0.25) is 4.98 Å². The number of aromatic nitrogens is 1. The van der Waals surface area contributed by atoms with E-state index in [1.165, 1.54) is 12.1 Å². The van der Waals surface area contributed by atoms with E-state index in [0.717, 1.165) is 16.5 Å². The number of hydrogen-bond acceptors (Lipinski definition) is 4. The Kier molecular flexibility index (Phi) is 7.19. The standard InChI is InChI=1S/C17H13NO3.Na.H2O/c19-17(20)12-5-7-14(8-6-12)21-11-13-9-10-18-16-4-2-1-3-15(13)16;;/h1-10H,11H2,(H,19,20);;1H2/q;+1;/p-1. The molecule has 0 aliphatic carbocycles. The first-order valence-corrected chi connectivity index (χ1v) is 6.51. The fraction of sp³-hybridized carbons (Fsp3) is 0.0588. The van der Waals surface area contributed by atoms with Gasteiger partial charge >= 0.3 is 29.6 Å². The molecule has 0 aliphatic rings. The van der Waals surface area contributed by atoms with Crippen molar-refractivity contribution in [3.8, 4) is 5.75 Å². The summed E-state index contributed by atoms with van der Waals surface area (Å²) in [5.41, 5.74) is 2.09. The number of para-hydroxylation sites is 1. The number of carboxylic acids is 1. The smallest absolute Gasteiger partial charge is 0.545 e. The first kappa shape index (κ1) is 19.1. The molecular weight excluding hydrogens is 305 g/mol. The van der Waals surface area contributed by atoms with Crippen LogP contribution in [-0.2, 0) is 6.61 Å². The van der Waals surface area contributed by atoms with E-state index in [4.69, 9.17) is 4.74 Å². The van der Waals surface area contributed by atoms with Gasteiger partial charge in [0.15, 0.2) is 0 Å². The molecule has 0 amide bonds. The number of fused-ring (bicyclic) bond motifs is 1. The van der Waals surface area contributed by atoms with E-state index in [1.807, 2.05) is 30.3 Å². The molecule has 2 N–H and O–H groups in total. The van der Waals surface area contributed by atoms with Crippen molar-refractivity contribution in [2.45, 2.75) is 6.61 Å². The molecule has 2 aromatic carbocycles. The summed E-state index contributed by atoms with van der Waals surface area (Å²) in [5, 5.41) is 11.7. The van der Waals surface area contributed by atoms with Gasteiger partial charge in [0.05, 0.1) is 11.5 Å². The monoisotopic (exact) mass is 319 g/mol. The molecule has 5 nitrogen and oxygen atoms in total. The Hall–Kier alpha value is -1.92. The summed E-state index contributed by atoms with van der Waals surface area (Å²) in [5.74, 6) is -0.581. The third-order valence-electron chi connectivity index (χ3n) is 3.22. The van der Waals surface area contributed by atoms with Crippen LogP contribution < -0.4 is 39.4 Å². The van der Waals surface area contributed by atoms with E-state index in [-0.39, 0.29) is 40.6 Å². The second-order valence-corrected chi connectivity index (χ2v) is 4.59. The van der Waals surface area contributed by atoms with Gasteiger partial charge in [0, 0.05) is 17.1 Å². The molecule has 1 aromatic heterocycles. The quantitative estimate of drug-likeness (QED) is 0.539. The number of carbonyl (C=O) groups excluding carboxylic acids is 1. The van der Waals surface area contributed by atoms with Crippen LogP contribution in [0.4, 0.5) is 0 Å². The Morgan fingerprint density at radius 3 is 2.43 bits per heavy atom. The first-order chi connectivity index (χ1) is 10.2. The Morgan fingerprint density at radius 2 is 1.74 bits per heavy atom. The fourth-order valence-corrected chi connectivity index (χ4v) is 2.13. The molecule has 3 aromatic rings. The van der Waals surface area contributed by atoms with Gasteiger partial charge in [-0.15, -0.1) is 0 Å². The molecule has 0 fully saturated rings. The number of nitrogens with zero attached hydrogens (tertiary/aromatic N) is 1. The maximum atomic E-state index is 10.7. The van der Waals surface area contributed by atoms with E-state index in [0.29, 0.717) is 12.4 Å². The topological polar surface area (TPSA) is 93.8 Å². The van der Waals surface area contributed by atoms with E-state index in [9.17, 15) is 9.90 Å². The zero-order valence-corrected chi connectivity index (χ0v) is 14.7. The van der Waals surface area contributed by atoms with Gasteiger partial charge in [-0.2, -0.15) is 0 Å². The van der Waals surface area contributed by atoms with Crippen LogP contribution in [0.3, 0.4) is 0 Å². The van der Waals surface area contributed by atoms with Crippen molar-refractivity contribution < 1.29 is 49.7 Å². The largest absolute Gasteiger partial charge is 1.00 e. The molecule has 0 aliphatic heterocycles. The van der Waals surface area contributed by atoms with Crippen molar-refractivity contribution in [1.29, 1.82) is 0 Å². The zero-order chi connectivity index (χ0) is 14.7. The van der Waals surface area contributed by atoms with Gasteiger partial charge in [-0.05, 0) is 42.0 Å². The van der Waals surface area contributed by atoms with Crippen molar-refractivity contribution in [2.75, 3.05) is 0 Å². The maximum Gasteiger partial charge on any atom is 1.00 e. The second-order valence-electron chi connectivity index (χ2n) is 4.59. The van der Waals surface area contributed by atoms with Crippen molar-refractivity contribution in [3.63, 3.8) is 0 Å². The molecule has 112 valence electrons. The number of hydrogen-bond donors (Lipinski definition) is 0. The molecular formula is C17H14NNaO4. The molecule has 23 heavy (non-hydrogen) atoms. The van der Waals surface area contributed by atoms with Gasteiger partial charge in [-0.1, -0.05) is 18.2 Å². The van der Waals surface area contributed by atoms with Gasteiger partial charge in [0.2, 0.25) is 0 Å². The van der Waals surface area contributed by atoms with Crippen LogP contribution in [0.1, 0.15) is 15.9 Å². The van der Waals surface area contributed by atoms with Crippen LogP contribution in [0.2, 0.25) is 0 Å². The average molecular weight is 319 g/mol. The predicted octanol–water partition coefficient (Wildman–Crippen LogP) is -1.64. The Labute approximate surface area is 155 Å². The molecule has 6 heteroatoms. The number of ether oxygens (including phenoxy) is 1. The number of rotatable bonds is 4. The van der Waals surface area contributed by atoms with Crippen LogP contribution in [0.15, 0.2) is 60.8 Å². The number of aromatic carboxylic acids is 1. The Balaban J connectivity index is 0.00000132. The molecule has 0 bridgehead atoms. The molecule has 1 heterocycles. The summed E-state index contributed by atoms with van der Waals surface area (Å²) in [6.07, 6.45) is 1.75. The molecule has 0 radical (unpaired) electrons. The van der Waals surface area contributed by atoms with Gasteiger partial charge in [-0.25, -0.2) is 0 Å². The number of carboxylic acid groups (broad SMARTS) is 1. The molecule has 0 atom stereocenters. The van der Waals surface area contributed by atoms with Crippen molar-refractivity contribution in [3.05, 3.63) is 71.9 Å². The minimum atomic E-state index is -1.19. The molecule has 0 saturated heterocycles. The number of benzene rings is 2. The summed E-state index contributed by atoms with van der Waals surface area (Å²) in [4.78, 5) is 15.0. The predicted molar refractivity (Wildman–Crippen MR) is 80.5 cm³/mol. The van der Waals surface area contributed by atoms with Crippen LogP contribution in [0, 0.1) is 0 Å². The Bertz CT molecular complexity index is 785. The van der Waals surface area contributed by atoms with Gasteiger partial charge in [0.1, 0.15) is 12.4 Å². The van der Waals surface area contributed by atoms with Crippen LogP contribution in [0.5, 0.6) is 5.75 Å². The van der Waals surface area contributed by atoms with E-state index < -0.39 is 5.97 Å². The van der Waals surface area contributed by atoms with Crippen LogP contribution in [0.25, 0.3) is 10.9 Å². The average Bonchev–Trinajstić information content (AvgIpc) is 2.53. The fourth-order valence-electron chi connectivity index (χ4n) is 2.13. The minimum absolute atomic E-state index is 0. The molecule has 0 spiro atoms.